The first-order valence-corrected chi connectivity index (χ1v) is 18.0. The number of rotatable bonds is 5. The SMILES string of the molecule is c1ccc(-c2cc(-c3ccc4c(c3)oc3cc(-c5cccc6ocnc56)ccc34)nc(-c3ccc(C45CC6CC(CC(C6)C4)C5)cc3)n2)cc1. The Labute approximate surface area is 290 Å². The Kier molecular flexibility index (Phi) is 6.07. The van der Waals surface area contributed by atoms with Crippen LogP contribution in [0.5, 0.6) is 0 Å². The quantitative estimate of drug-likeness (QED) is 0.186. The highest BCUT2D eigenvalue weighted by molar-refractivity contribution is 6.07. The Bertz CT molecular complexity index is 2540. The van der Waals surface area contributed by atoms with Crippen LogP contribution in [0.15, 0.2) is 130 Å². The average molecular weight is 650 g/mol. The lowest BCUT2D eigenvalue weighted by atomic mass is 9.48. The summed E-state index contributed by atoms with van der Waals surface area (Å²) >= 11 is 0. The maximum Gasteiger partial charge on any atom is 0.182 e. The molecule has 4 fully saturated rings. The van der Waals surface area contributed by atoms with Crippen LogP contribution in [0.4, 0.5) is 0 Å². The molecule has 0 radical (unpaired) electrons. The van der Waals surface area contributed by atoms with Gasteiger partial charge in [-0.05, 0) is 109 Å². The van der Waals surface area contributed by atoms with Gasteiger partial charge in [0.2, 0.25) is 0 Å². The Morgan fingerprint density at radius 1 is 0.540 bits per heavy atom. The molecule has 5 heteroatoms. The number of benzene rings is 5. The average Bonchev–Trinajstić information content (AvgIpc) is 3.79. The molecule has 0 saturated heterocycles. The third-order valence-corrected chi connectivity index (χ3v) is 12.0. The highest BCUT2D eigenvalue weighted by Crippen LogP contribution is 2.60. The number of hydrogen-bond acceptors (Lipinski definition) is 5. The zero-order valence-corrected chi connectivity index (χ0v) is 27.7. The molecular weight excluding hydrogens is 615 g/mol. The lowest BCUT2D eigenvalue weighted by Gasteiger charge is -2.57. The molecule has 3 heterocycles. The van der Waals surface area contributed by atoms with Gasteiger partial charge in [-0.2, -0.15) is 0 Å². The molecule has 0 atom stereocenters. The maximum atomic E-state index is 6.53. The van der Waals surface area contributed by atoms with Crippen molar-refractivity contribution in [3.8, 4) is 45.0 Å². The third-order valence-electron chi connectivity index (χ3n) is 12.0. The van der Waals surface area contributed by atoms with E-state index in [1.165, 1.54) is 50.5 Å². The van der Waals surface area contributed by atoms with Crippen molar-refractivity contribution in [2.24, 2.45) is 17.8 Å². The molecule has 0 spiro atoms. The van der Waals surface area contributed by atoms with Crippen LogP contribution < -0.4 is 0 Å². The maximum absolute atomic E-state index is 6.53. The number of hydrogen-bond donors (Lipinski definition) is 0. The summed E-state index contributed by atoms with van der Waals surface area (Å²) in [6.07, 6.45) is 9.98. The van der Waals surface area contributed by atoms with Crippen molar-refractivity contribution in [3.05, 3.63) is 127 Å². The van der Waals surface area contributed by atoms with Crippen LogP contribution in [0.25, 0.3) is 78.1 Å². The molecule has 8 aromatic rings. The second-order valence-electron chi connectivity index (χ2n) is 15.1. The molecule has 4 bridgehead atoms. The van der Waals surface area contributed by atoms with Crippen LogP contribution in [0, 0.1) is 17.8 Å². The van der Waals surface area contributed by atoms with E-state index in [-0.39, 0.29) is 0 Å². The van der Waals surface area contributed by atoms with E-state index in [0.29, 0.717) is 5.41 Å². The van der Waals surface area contributed by atoms with Crippen molar-refractivity contribution >= 4 is 33.0 Å². The number of aromatic nitrogens is 3. The second kappa shape index (κ2) is 10.7. The van der Waals surface area contributed by atoms with Crippen molar-refractivity contribution < 1.29 is 8.83 Å². The molecule has 4 aliphatic rings. The summed E-state index contributed by atoms with van der Waals surface area (Å²) in [4.78, 5) is 14.8. The minimum Gasteiger partial charge on any atom is -0.456 e. The van der Waals surface area contributed by atoms with E-state index < -0.39 is 0 Å². The van der Waals surface area contributed by atoms with Gasteiger partial charge in [-0.3, -0.25) is 0 Å². The minimum absolute atomic E-state index is 0.372. The summed E-state index contributed by atoms with van der Waals surface area (Å²) in [6, 6.07) is 40.6. The number of oxazole rings is 1. The van der Waals surface area contributed by atoms with Crippen LogP contribution in [0.2, 0.25) is 0 Å². The third kappa shape index (κ3) is 4.49. The largest absolute Gasteiger partial charge is 0.456 e. The first-order valence-electron chi connectivity index (χ1n) is 18.0. The molecule has 0 unspecified atom stereocenters. The normalized spacial score (nSPS) is 22.6. The number of para-hydroxylation sites is 1. The predicted octanol–water partition coefficient (Wildman–Crippen LogP) is 11.7. The molecular formula is C45H35N3O2. The molecule has 5 aromatic carbocycles. The van der Waals surface area contributed by atoms with E-state index >= 15 is 0 Å². The lowest BCUT2D eigenvalue weighted by molar-refractivity contribution is -0.00518. The van der Waals surface area contributed by atoms with Gasteiger partial charge in [0, 0.05) is 33.0 Å². The van der Waals surface area contributed by atoms with Gasteiger partial charge in [0.15, 0.2) is 17.8 Å². The molecule has 4 aliphatic carbocycles. The van der Waals surface area contributed by atoms with Crippen LogP contribution >= 0.6 is 0 Å². The number of furan rings is 1. The van der Waals surface area contributed by atoms with Crippen molar-refractivity contribution in [3.63, 3.8) is 0 Å². The van der Waals surface area contributed by atoms with E-state index in [4.69, 9.17) is 18.8 Å². The fraction of sp³-hybridized carbons (Fsp3) is 0.222. The van der Waals surface area contributed by atoms with Crippen molar-refractivity contribution in [1.29, 1.82) is 0 Å². The smallest absolute Gasteiger partial charge is 0.182 e. The molecule has 4 saturated carbocycles. The Morgan fingerprint density at radius 3 is 1.90 bits per heavy atom. The van der Waals surface area contributed by atoms with E-state index in [1.54, 1.807) is 0 Å². The van der Waals surface area contributed by atoms with Gasteiger partial charge in [-0.15, -0.1) is 0 Å². The summed E-state index contributed by atoms with van der Waals surface area (Å²) in [5.74, 6) is 3.52. The van der Waals surface area contributed by atoms with E-state index in [1.807, 2.05) is 18.2 Å². The summed E-state index contributed by atoms with van der Waals surface area (Å²) in [7, 11) is 0. The van der Waals surface area contributed by atoms with Crippen molar-refractivity contribution in [2.75, 3.05) is 0 Å². The van der Waals surface area contributed by atoms with Gasteiger partial charge < -0.3 is 8.83 Å². The van der Waals surface area contributed by atoms with Gasteiger partial charge in [-0.1, -0.05) is 78.9 Å². The first kappa shape index (κ1) is 28.3. The fourth-order valence-corrected chi connectivity index (χ4v) is 10.1. The van der Waals surface area contributed by atoms with Gasteiger partial charge in [0.05, 0.1) is 11.4 Å². The van der Waals surface area contributed by atoms with Gasteiger partial charge in [-0.25, -0.2) is 15.0 Å². The van der Waals surface area contributed by atoms with Crippen molar-refractivity contribution in [1.82, 2.24) is 15.0 Å². The molecule has 50 heavy (non-hydrogen) atoms. The predicted molar refractivity (Wildman–Crippen MR) is 198 cm³/mol. The molecule has 0 N–H and O–H groups in total. The molecule has 242 valence electrons. The van der Waals surface area contributed by atoms with Gasteiger partial charge in [0.1, 0.15) is 16.7 Å². The topological polar surface area (TPSA) is 65.0 Å². The molecule has 0 aliphatic heterocycles. The lowest BCUT2D eigenvalue weighted by Crippen LogP contribution is -2.48. The monoisotopic (exact) mass is 649 g/mol. The summed E-state index contributed by atoms with van der Waals surface area (Å²) in [6.45, 7) is 0. The minimum atomic E-state index is 0.372. The molecule has 3 aromatic heterocycles. The van der Waals surface area contributed by atoms with Crippen LogP contribution in [-0.2, 0) is 5.41 Å². The fourth-order valence-electron chi connectivity index (χ4n) is 10.1. The van der Waals surface area contributed by atoms with Gasteiger partial charge in [0.25, 0.3) is 0 Å². The highest BCUT2D eigenvalue weighted by Gasteiger charge is 2.51. The van der Waals surface area contributed by atoms with E-state index in [2.05, 4.69) is 102 Å². The Morgan fingerprint density at radius 2 is 1.18 bits per heavy atom. The molecule has 0 amide bonds. The number of nitrogens with zero attached hydrogens (tertiary/aromatic N) is 3. The molecule has 12 rings (SSSR count). The highest BCUT2D eigenvalue weighted by atomic mass is 16.3. The summed E-state index contributed by atoms with van der Waals surface area (Å²) in [5, 5.41) is 2.16. The summed E-state index contributed by atoms with van der Waals surface area (Å²) in [5.41, 5.74) is 12.1. The standard InChI is InChI=1S/C45H35N3O2/c1-2-5-30(6-3-1)38-22-39(48-44(47-38)31-9-13-34(14-10-31)45-23-27-17-28(24-45)19-29(18-27)25-45)33-12-16-37-36-15-11-32(20-41(36)50-42(37)21-33)35-7-4-8-40-43(35)46-26-49-40/h1-16,20-22,26-29H,17-19,23-25H2. The Balaban J connectivity index is 0.985. The summed E-state index contributed by atoms with van der Waals surface area (Å²) < 4.78 is 12.1. The van der Waals surface area contributed by atoms with Crippen LogP contribution in [0.1, 0.15) is 44.1 Å². The van der Waals surface area contributed by atoms with Crippen LogP contribution in [0.3, 0.4) is 0 Å². The number of fused-ring (bicyclic) bond motifs is 4. The second-order valence-corrected chi connectivity index (χ2v) is 15.1. The van der Waals surface area contributed by atoms with E-state index in [9.17, 15) is 0 Å². The van der Waals surface area contributed by atoms with Crippen molar-refractivity contribution in [2.45, 2.75) is 43.9 Å². The Hall–Kier alpha value is -5.55. The first-order chi connectivity index (χ1) is 24.6. The zero-order valence-electron chi connectivity index (χ0n) is 27.7. The van der Waals surface area contributed by atoms with Gasteiger partial charge >= 0.3 is 0 Å². The molecule has 5 nitrogen and oxygen atoms in total. The van der Waals surface area contributed by atoms with Crippen LogP contribution in [-0.4, -0.2) is 15.0 Å². The van der Waals surface area contributed by atoms with E-state index in [0.717, 1.165) is 95.8 Å². The zero-order chi connectivity index (χ0) is 32.8.